The van der Waals surface area contributed by atoms with Crippen LogP contribution in [0.15, 0.2) is 54.6 Å². The highest BCUT2D eigenvalue weighted by atomic mass is 16.2. The van der Waals surface area contributed by atoms with Crippen molar-refractivity contribution in [2.24, 2.45) is 0 Å². The summed E-state index contributed by atoms with van der Waals surface area (Å²) in [5.74, 6) is 0. The Morgan fingerprint density at radius 2 is 1.70 bits per heavy atom. The number of anilines is 2. The van der Waals surface area contributed by atoms with Crippen molar-refractivity contribution in [3.8, 4) is 0 Å². The van der Waals surface area contributed by atoms with Crippen molar-refractivity contribution in [1.82, 2.24) is 4.90 Å². The quantitative estimate of drug-likeness (QED) is 0.852. The van der Waals surface area contributed by atoms with Gasteiger partial charge in [0, 0.05) is 37.6 Å². The van der Waals surface area contributed by atoms with Crippen LogP contribution in [0.3, 0.4) is 0 Å². The molecule has 118 valence electrons. The van der Waals surface area contributed by atoms with Crippen molar-refractivity contribution in [1.29, 1.82) is 0 Å². The lowest BCUT2D eigenvalue weighted by Gasteiger charge is -2.37. The predicted octanol–water partition coefficient (Wildman–Crippen LogP) is 3.13. The van der Waals surface area contributed by atoms with Crippen LogP contribution in [0.5, 0.6) is 0 Å². The van der Waals surface area contributed by atoms with Crippen molar-refractivity contribution < 1.29 is 4.79 Å². The lowest BCUT2D eigenvalue weighted by atomic mass is 10.1. The van der Waals surface area contributed by atoms with Crippen molar-refractivity contribution in [3.63, 3.8) is 0 Å². The third-order valence-corrected chi connectivity index (χ3v) is 4.79. The largest absolute Gasteiger partial charge is 0.368 e. The fourth-order valence-electron chi connectivity index (χ4n) is 3.59. The maximum Gasteiger partial charge on any atom is 0.324 e. The Labute approximate surface area is 136 Å². The van der Waals surface area contributed by atoms with Gasteiger partial charge in [0.05, 0.1) is 6.04 Å². The first kappa shape index (κ1) is 14.1. The Balaban J connectivity index is 1.54. The molecular formula is C19H21N3O. The third-order valence-electron chi connectivity index (χ3n) is 4.79. The van der Waals surface area contributed by atoms with Gasteiger partial charge in [0.15, 0.2) is 0 Å². The Morgan fingerprint density at radius 3 is 2.48 bits per heavy atom. The van der Waals surface area contributed by atoms with Crippen LogP contribution in [-0.2, 0) is 0 Å². The molecule has 0 aromatic heterocycles. The molecule has 2 aliphatic rings. The molecule has 23 heavy (non-hydrogen) atoms. The van der Waals surface area contributed by atoms with Crippen molar-refractivity contribution in [2.75, 3.05) is 36.0 Å². The summed E-state index contributed by atoms with van der Waals surface area (Å²) in [6.45, 7) is 5.42. The highest BCUT2D eigenvalue weighted by molar-refractivity contribution is 5.95. The number of para-hydroxylation sites is 1. The normalized spacial score (nSPS) is 20.8. The molecule has 2 amide bonds. The Bertz CT molecular complexity index is 716. The summed E-state index contributed by atoms with van der Waals surface area (Å²) in [4.78, 5) is 19.1. The number of aryl methyl sites for hydroxylation is 1. The maximum atomic E-state index is 12.7. The number of fused-ring (bicyclic) bond motifs is 1. The van der Waals surface area contributed by atoms with E-state index in [1.807, 2.05) is 28.0 Å². The van der Waals surface area contributed by atoms with Gasteiger partial charge in [0.1, 0.15) is 0 Å². The summed E-state index contributed by atoms with van der Waals surface area (Å²) in [7, 11) is 0. The number of piperazine rings is 1. The molecule has 1 atom stereocenters. The first-order valence-corrected chi connectivity index (χ1v) is 8.17. The molecule has 2 fully saturated rings. The summed E-state index contributed by atoms with van der Waals surface area (Å²) in [6.07, 6.45) is 0. The first-order chi connectivity index (χ1) is 11.2. The molecule has 0 N–H and O–H groups in total. The lowest BCUT2D eigenvalue weighted by molar-refractivity contribution is 0.199. The smallest absolute Gasteiger partial charge is 0.324 e. The van der Waals surface area contributed by atoms with Crippen LogP contribution in [0.4, 0.5) is 16.2 Å². The standard InChI is InChI=1S/C19H21N3O/c1-15-6-5-9-17(12-15)22-14-18-13-20(10-11-21(18)19(22)23)16-7-3-2-4-8-16/h2-9,12,18H,10-11,13-14H2,1H3/t18-/m1/s1. The summed E-state index contributed by atoms with van der Waals surface area (Å²) in [5.41, 5.74) is 3.44. The molecule has 4 rings (SSSR count). The minimum atomic E-state index is 0.147. The molecule has 0 spiro atoms. The minimum Gasteiger partial charge on any atom is -0.368 e. The number of nitrogens with zero attached hydrogens (tertiary/aromatic N) is 3. The molecule has 0 unspecified atom stereocenters. The van der Waals surface area contributed by atoms with Gasteiger partial charge < -0.3 is 9.80 Å². The van der Waals surface area contributed by atoms with Crippen molar-refractivity contribution >= 4 is 17.4 Å². The lowest BCUT2D eigenvalue weighted by Crippen LogP contribution is -2.52. The topological polar surface area (TPSA) is 26.8 Å². The van der Waals surface area contributed by atoms with Gasteiger partial charge in [-0.05, 0) is 36.8 Å². The highest BCUT2D eigenvalue weighted by Crippen LogP contribution is 2.28. The van der Waals surface area contributed by atoms with E-state index in [4.69, 9.17) is 0 Å². The number of hydrogen-bond acceptors (Lipinski definition) is 2. The molecule has 0 bridgehead atoms. The van der Waals surface area contributed by atoms with Gasteiger partial charge in [-0.25, -0.2) is 4.79 Å². The molecule has 2 aliphatic heterocycles. The number of benzene rings is 2. The van der Waals surface area contributed by atoms with Crippen LogP contribution in [-0.4, -0.2) is 43.2 Å². The van der Waals surface area contributed by atoms with Crippen LogP contribution in [0.1, 0.15) is 5.56 Å². The molecule has 2 aromatic carbocycles. The molecule has 0 aliphatic carbocycles. The molecule has 2 heterocycles. The molecule has 2 saturated heterocycles. The number of amides is 2. The zero-order chi connectivity index (χ0) is 15.8. The van der Waals surface area contributed by atoms with E-state index >= 15 is 0 Å². The van der Waals surface area contributed by atoms with E-state index in [1.54, 1.807) is 0 Å². The van der Waals surface area contributed by atoms with E-state index in [1.165, 1.54) is 11.3 Å². The van der Waals surface area contributed by atoms with Gasteiger partial charge >= 0.3 is 6.03 Å². The number of rotatable bonds is 2. The number of urea groups is 1. The monoisotopic (exact) mass is 307 g/mol. The van der Waals surface area contributed by atoms with E-state index in [-0.39, 0.29) is 12.1 Å². The van der Waals surface area contributed by atoms with Crippen LogP contribution >= 0.6 is 0 Å². The summed E-state index contributed by atoms with van der Waals surface area (Å²) >= 11 is 0. The van der Waals surface area contributed by atoms with Gasteiger partial charge in [-0.1, -0.05) is 30.3 Å². The zero-order valence-electron chi connectivity index (χ0n) is 13.4. The number of carbonyl (C=O) groups is 1. The van der Waals surface area contributed by atoms with E-state index in [2.05, 4.69) is 48.2 Å². The van der Waals surface area contributed by atoms with Crippen LogP contribution in [0.25, 0.3) is 0 Å². The summed E-state index contributed by atoms with van der Waals surface area (Å²) in [5, 5.41) is 0. The van der Waals surface area contributed by atoms with Gasteiger partial charge in [-0.2, -0.15) is 0 Å². The SMILES string of the molecule is Cc1cccc(N2C[C@H]3CN(c4ccccc4)CCN3C2=O)c1. The maximum absolute atomic E-state index is 12.7. The molecule has 2 aromatic rings. The van der Waals surface area contributed by atoms with E-state index in [0.717, 1.165) is 31.9 Å². The molecule has 0 saturated carbocycles. The predicted molar refractivity (Wildman–Crippen MR) is 93.1 cm³/mol. The Hall–Kier alpha value is -2.49. The zero-order valence-corrected chi connectivity index (χ0v) is 13.4. The Kier molecular flexibility index (Phi) is 3.45. The van der Waals surface area contributed by atoms with E-state index in [9.17, 15) is 4.79 Å². The third kappa shape index (κ3) is 2.54. The van der Waals surface area contributed by atoms with Gasteiger partial charge in [-0.15, -0.1) is 0 Å². The number of carbonyl (C=O) groups excluding carboxylic acids is 1. The minimum absolute atomic E-state index is 0.147. The fourth-order valence-corrected chi connectivity index (χ4v) is 3.59. The first-order valence-electron chi connectivity index (χ1n) is 8.17. The van der Waals surface area contributed by atoms with Crippen molar-refractivity contribution in [2.45, 2.75) is 13.0 Å². The second kappa shape index (κ2) is 5.61. The van der Waals surface area contributed by atoms with E-state index < -0.39 is 0 Å². The second-order valence-corrected chi connectivity index (χ2v) is 6.36. The summed E-state index contributed by atoms with van der Waals surface area (Å²) in [6, 6.07) is 19.1. The summed E-state index contributed by atoms with van der Waals surface area (Å²) < 4.78 is 0. The van der Waals surface area contributed by atoms with Crippen LogP contribution in [0, 0.1) is 6.92 Å². The molecule has 4 nitrogen and oxygen atoms in total. The fraction of sp³-hybridized carbons (Fsp3) is 0.316. The number of hydrogen-bond donors (Lipinski definition) is 0. The molecule has 4 heteroatoms. The van der Waals surface area contributed by atoms with Gasteiger partial charge in [-0.3, -0.25) is 4.90 Å². The Morgan fingerprint density at radius 1 is 0.913 bits per heavy atom. The van der Waals surface area contributed by atoms with Crippen molar-refractivity contribution in [3.05, 3.63) is 60.2 Å². The second-order valence-electron chi connectivity index (χ2n) is 6.36. The van der Waals surface area contributed by atoms with Gasteiger partial charge in [0.2, 0.25) is 0 Å². The highest BCUT2D eigenvalue weighted by Gasteiger charge is 2.41. The van der Waals surface area contributed by atoms with Crippen LogP contribution in [0.2, 0.25) is 0 Å². The van der Waals surface area contributed by atoms with Crippen LogP contribution < -0.4 is 9.80 Å². The molecule has 0 radical (unpaired) electrons. The molecular weight excluding hydrogens is 286 g/mol. The van der Waals surface area contributed by atoms with E-state index in [0.29, 0.717) is 0 Å². The van der Waals surface area contributed by atoms with Gasteiger partial charge in [0.25, 0.3) is 0 Å². The average molecular weight is 307 g/mol. The average Bonchev–Trinajstić information content (AvgIpc) is 2.92.